The Hall–Kier alpha value is -3.92. The molecule has 0 aliphatic rings. The summed E-state index contributed by atoms with van der Waals surface area (Å²) < 4.78 is 5.70. The fraction of sp³-hybridized carbons (Fsp3) is 0.0526. The second-order valence-corrected chi connectivity index (χ2v) is 5.43. The van der Waals surface area contributed by atoms with Crippen LogP contribution in [0.25, 0.3) is 11.4 Å². The van der Waals surface area contributed by atoms with Crippen LogP contribution in [-0.2, 0) is 6.61 Å². The number of carboxylic acids is 1. The highest BCUT2D eigenvalue weighted by Crippen LogP contribution is 2.21. The largest absolute Gasteiger partial charge is 0.489 e. The second kappa shape index (κ2) is 7.32. The number of nitriles is 1. The molecule has 0 fully saturated rings. The van der Waals surface area contributed by atoms with Crippen LogP contribution in [0.5, 0.6) is 5.75 Å². The molecule has 0 spiro atoms. The molecule has 0 bridgehead atoms. The van der Waals surface area contributed by atoms with E-state index in [0.29, 0.717) is 23.5 Å². The molecule has 7 heteroatoms. The van der Waals surface area contributed by atoms with E-state index in [9.17, 15) is 4.79 Å². The van der Waals surface area contributed by atoms with E-state index >= 15 is 0 Å². The predicted molar refractivity (Wildman–Crippen MR) is 94.3 cm³/mol. The van der Waals surface area contributed by atoms with Gasteiger partial charge in [-0.05, 0) is 42.0 Å². The van der Waals surface area contributed by atoms with Crippen molar-refractivity contribution in [2.45, 2.75) is 6.61 Å². The van der Waals surface area contributed by atoms with Crippen LogP contribution in [0.15, 0.2) is 54.6 Å². The standard InChI is InChI=1S/C19H14N4O3/c20-10-12-2-1-3-13(8-12)11-26-15-6-4-14(5-7-15)18-22-16(19(24)25)9-17(21)23-18/h1-9H,11H2,(H,24,25)(H2,21,22,23). The summed E-state index contributed by atoms with van der Waals surface area (Å²) in [6, 6.07) is 17.4. The normalized spacial score (nSPS) is 10.1. The van der Waals surface area contributed by atoms with Crippen molar-refractivity contribution in [3.8, 4) is 23.2 Å². The summed E-state index contributed by atoms with van der Waals surface area (Å²) >= 11 is 0. The first kappa shape index (κ1) is 16.9. The minimum atomic E-state index is -1.17. The topological polar surface area (TPSA) is 122 Å². The van der Waals surface area contributed by atoms with Crippen LogP contribution >= 0.6 is 0 Å². The van der Waals surface area contributed by atoms with E-state index in [1.807, 2.05) is 6.07 Å². The highest BCUT2D eigenvalue weighted by atomic mass is 16.5. The number of rotatable bonds is 5. The van der Waals surface area contributed by atoms with E-state index in [0.717, 1.165) is 5.56 Å². The van der Waals surface area contributed by atoms with Crippen LogP contribution in [0, 0.1) is 11.3 Å². The van der Waals surface area contributed by atoms with Gasteiger partial charge < -0.3 is 15.6 Å². The van der Waals surface area contributed by atoms with Crippen molar-refractivity contribution >= 4 is 11.8 Å². The number of nitrogens with zero attached hydrogens (tertiary/aromatic N) is 3. The van der Waals surface area contributed by atoms with Gasteiger partial charge in [-0.1, -0.05) is 12.1 Å². The van der Waals surface area contributed by atoms with Crippen LogP contribution in [0.1, 0.15) is 21.6 Å². The molecule has 128 valence electrons. The molecule has 26 heavy (non-hydrogen) atoms. The molecule has 1 aromatic heterocycles. The number of aromatic nitrogens is 2. The van der Waals surface area contributed by atoms with Gasteiger partial charge in [0.1, 0.15) is 18.2 Å². The third-order valence-electron chi connectivity index (χ3n) is 3.54. The zero-order valence-corrected chi connectivity index (χ0v) is 13.6. The van der Waals surface area contributed by atoms with Gasteiger partial charge in [-0.25, -0.2) is 14.8 Å². The summed E-state index contributed by atoms with van der Waals surface area (Å²) in [5, 5.41) is 18.0. The zero-order valence-electron chi connectivity index (χ0n) is 13.6. The Balaban J connectivity index is 1.74. The first-order valence-corrected chi connectivity index (χ1v) is 7.65. The molecule has 2 aromatic carbocycles. The van der Waals surface area contributed by atoms with Crippen molar-refractivity contribution in [2.75, 3.05) is 5.73 Å². The number of aromatic carboxylic acids is 1. The molecule has 0 unspecified atom stereocenters. The van der Waals surface area contributed by atoms with Crippen molar-refractivity contribution in [1.82, 2.24) is 9.97 Å². The summed E-state index contributed by atoms with van der Waals surface area (Å²) in [7, 11) is 0. The average molecular weight is 346 g/mol. The monoisotopic (exact) mass is 346 g/mol. The fourth-order valence-electron chi connectivity index (χ4n) is 2.30. The van der Waals surface area contributed by atoms with E-state index in [1.54, 1.807) is 42.5 Å². The highest BCUT2D eigenvalue weighted by Gasteiger charge is 2.10. The van der Waals surface area contributed by atoms with Crippen molar-refractivity contribution < 1.29 is 14.6 Å². The maximum absolute atomic E-state index is 11.1. The van der Waals surface area contributed by atoms with Gasteiger partial charge in [0.2, 0.25) is 0 Å². The van der Waals surface area contributed by atoms with Gasteiger partial charge in [0.15, 0.2) is 11.5 Å². The molecule has 1 heterocycles. The van der Waals surface area contributed by atoms with Gasteiger partial charge >= 0.3 is 5.97 Å². The number of hydrogen-bond acceptors (Lipinski definition) is 6. The quantitative estimate of drug-likeness (QED) is 0.728. The van der Waals surface area contributed by atoms with Crippen LogP contribution in [0.4, 0.5) is 5.82 Å². The van der Waals surface area contributed by atoms with Crippen LogP contribution in [-0.4, -0.2) is 21.0 Å². The minimum absolute atomic E-state index is 0.0881. The second-order valence-electron chi connectivity index (χ2n) is 5.43. The third kappa shape index (κ3) is 3.94. The molecule has 0 aliphatic carbocycles. The van der Waals surface area contributed by atoms with Crippen LogP contribution in [0.2, 0.25) is 0 Å². The third-order valence-corrected chi connectivity index (χ3v) is 3.54. The van der Waals surface area contributed by atoms with E-state index in [1.165, 1.54) is 6.07 Å². The molecule has 0 radical (unpaired) electrons. The summed E-state index contributed by atoms with van der Waals surface area (Å²) in [5.41, 5.74) is 7.57. The molecule has 3 rings (SSSR count). The first-order valence-electron chi connectivity index (χ1n) is 7.65. The molecular formula is C19H14N4O3. The van der Waals surface area contributed by atoms with E-state index in [4.69, 9.17) is 20.8 Å². The number of nitrogens with two attached hydrogens (primary N) is 1. The maximum Gasteiger partial charge on any atom is 0.354 e. The first-order chi connectivity index (χ1) is 12.5. The van der Waals surface area contributed by atoms with Gasteiger partial charge in [0.05, 0.1) is 11.6 Å². The predicted octanol–water partition coefficient (Wildman–Crippen LogP) is 2.87. The molecule has 7 nitrogen and oxygen atoms in total. The number of hydrogen-bond donors (Lipinski definition) is 2. The number of carbonyl (C=O) groups is 1. The SMILES string of the molecule is N#Cc1cccc(COc2ccc(-c3nc(N)cc(C(=O)O)n3)cc2)c1. The van der Waals surface area contributed by atoms with E-state index in [-0.39, 0.29) is 17.3 Å². The van der Waals surface area contributed by atoms with Crippen molar-refractivity contribution in [1.29, 1.82) is 5.26 Å². The van der Waals surface area contributed by atoms with Crippen molar-refractivity contribution in [2.24, 2.45) is 0 Å². The Morgan fingerprint density at radius 3 is 2.62 bits per heavy atom. The molecule has 3 aromatic rings. The Bertz CT molecular complexity index is 994. The number of ether oxygens (including phenoxy) is 1. The highest BCUT2D eigenvalue weighted by molar-refractivity contribution is 5.86. The molecule has 0 saturated carbocycles. The van der Waals surface area contributed by atoms with Gasteiger partial charge in [-0.3, -0.25) is 0 Å². The Labute approximate surface area is 149 Å². The summed E-state index contributed by atoms with van der Waals surface area (Å²) in [5.74, 6) is -0.223. The zero-order chi connectivity index (χ0) is 18.5. The lowest BCUT2D eigenvalue weighted by Crippen LogP contribution is -2.05. The molecule has 0 aliphatic heterocycles. The summed E-state index contributed by atoms with van der Waals surface area (Å²) in [6.07, 6.45) is 0. The van der Waals surface area contributed by atoms with E-state index in [2.05, 4.69) is 16.0 Å². The lowest BCUT2D eigenvalue weighted by Gasteiger charge is -2.08. The lowest BCUT2D eigenvalue weighted by molar-refractivity contribution is 0.0690. The number of nitrogen functional groups attached to an aromatic ring is 1. The molecule has 0 atom stereocenters. The minimum Gasteiger partial charge on any atom is -0.489 e. The average Bonchev–Trinajstić information content (AvgIpc) is 2.66. The fourth-order valence-corrected chi connectivity index (χ4v) is 2.30. The van der Waals surface area contributed by atoms with Crippen LogP contribution in [0.3, 0.4) is 0 Å². The summed E-state index contributed by atoms with van der Waals surface area (Å²) in [4.78, 5) is 19.1. The summed E-state index contributed by atoms with van der Waals surface area (Å²) in [6.45, 7) is 0.326. The van der Waals surface area contributed by atoms with Gasteiger partial charge in [0.25, 0.3) is 0 Å². The van der Waals surface area contributed by atoms with Crippen molar-refractivity contribution in [3.63, 3.8) is 0 Å². The molecular weight excluding hydrogens is 332 g/mol. The smallest absolute Gasteiger partial charge is 0.354 e. The van der Waals surface area contributed by atoms with Gasteiger partial charge in [-0.2, -0.15) is 5.26 Å². The number of benzene rings is 2. The van der Waals surface area contributed by atoms with E-state index < -0.39 is 5.97 Å². The molecule has 0 saturated heterocycles. The molecule has 3 N–H and O–H groups in total. The van der Waals surface area contributed by atoms with Gasteiger partial charge in [-0.15, -0.1) is 0 Å². The Morgan fingerprint density at radius 1 is 1.15 bits per heavy atom. The van der Waals surface area contributed by atoms with Crippen LogP contribution < -0.4 is 10.5 Å². The Morgan fingerprint density at radius 2 is 1.92 bits per heavy atom. The number of anilines is 1. The van der Waals surface area contributed by atoms with Crippen molar-refractivity contribution in [3.05, 3.63) is 71.4 Å². The Kier molecular flexibility index (Phi) is 4.76. The maximum atomic E-state index is 11.1. The molecule has 0 amide bonds. The lowest BCUT2D eigenvalue weighted by atomic mass is 10.1. The number of carboxylic acid groups (broad SMARTS) is 1. The van der Waals surface area contributed by atoms with Gasteiger partial charge in [0, 0.05) is 11.6 Å².